The number of carbonyl (C=O) groups excluding carboxylic acids is 1. The topological polar surface area (TPSA) is 85.8 Å². The summed E-state index contributed by atoms with van der Waals surface area (Å²) < 4.78 is 37.2. The van der Waals surface area contributed by atoms with E-state index in [0.29, 0.717) is 28.7 Å². The molecule has 9 heteroatoms. The maximum absolute atomic E-state index is 13.4. The lowest BCUT2D eigenvalue weighted by atomic mass is 10.2. The second-order valence-corrected chi connectivity index (χ2v) is 11.4. The standard InChI is InChI=1S/C27H28N2O5S2/c1-19-11-13-21(14-12-19)36(31,32)17-7-10-24(30)29(18-20-8-5-4-6-9-20)27-28-25-22(33-2)15-16-23(34-3)26(25)35-27/h4-6,8-9,11-16H,7,10,17-18H2,1-3H3. The van der Waals surface area contributed by atoms with E-state index in [-0.39, 0.29) is 29.4 Å². The van der Waals surface area contributed by atoms with Crippen LogP contribution in [0.25, 0.3) is 10.2 Å². The molecule has 0 bridgehead atoms. The third-order valence-corrected chi connectivity index (χ3v) is 8.71. The van der Waals surface area contributed by atoms with Gasteiger partial charge in [0.1, 0.15) is 21.7 Å². The van der Waals surface area contributed by atoms with Gasteiger partial charge in [-0.25, -0.2) is 13.4 Å². The summed E-state index contributed by atoms with van der Waals surface area (Å²) >= 11 is 1.34. The Morgan fingerprint density at radius 1 is 0.944 bits per heavy atom. The van der Waals surface area contributed by atoms with Crippen molar-refractivity contribution in [2.75, 3.05) is 24.9 Å². The fraction of sp³-hybridized carbons (Fsp3) is 0.259. The van der Waals surface area contributed by atoms with Crippen molar-refractivity contribution in [1.29, 1.82) is 0 Å². The molecule has 188 valence electrons. The first-order chi connectivity index (χ1) is 17.3. The van der Waals surface area contributed by atoms with E-state index in [9.17, 15) is 13.2 Å². The molecule has 0 unspecified atom stereocenters. The molecular weight excluding hydrogens is 496 g/mol. The van der Waals surface area contributed by atoms with Crippen molar-refractivity contribution in [2.45, 2.75) is 31.2 Å². The van der Waals surface area contributed by atoms with Crippen LogP contribution in [-0.2, 0) is 21.2 Å². The van der Waals surface area contributed by atoms with Crippen LogP contribution in [0, 0.1) is 6.92 Å². The SMILES string of the molecule is COc1ccc(OC)c2sc(N(Cc3ccccc3)C(=O)CCCS(=O)(=O)c3ccc(C)cc3)nc12. The van der Waals surface area contributed by atoms with Crippen molar-refractivity contribution in [3.05, 3.63) is 77.9 Å². The van der Waals surface area contributed by atoms with Crippen molar-refractivity contribution >= 4 is 42.4 Å². The van der Waals surface area contributed by atoms with E-state index >= 15 is 0 Å². The number of anilines is 1. The van der Waals surface area contributed by atoms with Crippen molar-refractivity contribution in [2.24, 2.45) is 0 Å². The Morgan fingerprint density at radius 2 is 1.61 bits per heavy atom. The van der Waals surface area contributed by atoms with Crippen molar-refractivity contribution < 1.29 is 22.7 Å². The minimum atomic E-state index is -3.48. The van der Waals surface area contributed by atoms with Crippen molar-refractivity contribution in [3.63, 3.8) is 0 Å². The number of amides is 1. The quantitative estimate of drug-likeness (QED) is 0.276. The van der Waals surface area contributed by atoms with Gasteiger partial charge in [0.25, 0.3) is 0 Å². The zero-order chi connectivity index (χ0) is 25.7. The van der Waals surface area contributed by atoms with Gasteiger partial charge in [0.15, 0.2) is 15.0 Å². The van der Waals surface area contributed by atoms with Crippen LogP contribution in [-0.4, -0.2) is 39.3 Å². The fourth-order valence-corrected chi connectivity index (χ4v) is 6.23. The molecular formula is C27H28N2O5S2. The number of aryl methyl sites for hydroxylation is 1. The summed E-state index contributed by atoms with van der Waals surface area (Å²) in [5.74, 6) is 0.924. The highest BCUT2D eigenvalue weighted by atomic mass is 32.2. The molecule has 0 aliphatic rings. The highest BCUT2D eigenvalue weighted by Crippen LogP contribution is 2.40. The zero-order valence-electron chi connectivity index (χ0n) is 20.4. The normalized spacial score (nSPS) is 11.4. The average molecular weight is 525 g/mol. The number of fused-ring (bicyclic) bond motifs is 1. The number of benzene rings is 3. The molecule has 0 saturated carbocycles. The van der Waals surface area contributed by atoms with Gasteiger partial charge >= 0.3 is 0 Å². The molecule has 1 heterocycles. The number of hydrogen-bond donors (Lipinski definition) is 0. The molecule has 0 radical (unpaired) electrons. The largest absolute Gasteiger partial charge is 0.495 e. The van der Waals surface area contributed by atoms with E-state index in [2.05, 4.69) is 0 Å². The molecule has 7 nitrogen and oxygen atoms in total. The van der Waals surface area contributed by atoms with Crippen LogP contribution >= 0.6 is 11.3 Å². The summed E-state index contributed by atoms with van der Waals surface area (Å²) in [6.07, 6.45) is 0.278. The number of rotatable bonds is 10. The van der Waals surface area contributed by atoms with Crippen LogP contribution in [0.2, 0.25) is 0 Å². The summed E-state index contributed by atoms with van der Waals surface area (Å²) in [7, 11) is -0.321. The Bertz CT molecular complexity index is 1410. The van der Waals surface area contributed by atoms with E-state index in [1.54, 1.807) is 49.5 Å². The molecule has 1 amide bonds. The number of thiazole rings is 1. The Morgan fingerprint density at radius 3 is 2.28 bits per heavy atom. The first-order valence-corrected chi connectivity index (χ1v) is 13.9. The van der Waals surface area contributed by atoms with Crippen LogP contribution in [0.4, 0.5) is 5.13 Å². The molecule has 4 aromatic rings. The first-order valence-electron chi connectivity index (χ1n) is 11.5. The van der Waals surface area contributed by atoms with Crippen molar-refractivity contribution in [1.82, 2.24) is 4.98 Å². The lowest BCUT2D eigenvalue weighted by Crippen LogP contribution is -2.30. The molecule has 1 aromatic heterocycles. The number of aromatic nitrogens is 1. The molecule has 36 heavy (non-hydrogen) atoms. The number of methoxy groups -OCH3 is 2. The van der Waals surface area contributed by atoms with Gasteiger partial charge in [-0.3, -0.25) is 9.69 Å². The summed E-state index contributed by atoms with van der Waals surface area (Å²) in [4.78, 5) is 20.0. The van der Waals surface area contributed by atoms with Crippen LogP contribution < -0.4 is 14.4 Å². The second-order valence-electron chi connectivity index (χ2n) is 8.35. The maximum atomic E-state index is 13.4. The monoisotopic (exact) mass is 524 g/mol. The number of carbonyl (C=O) groups is 1. The molecule has 0 aliphatic heterocycles. The van der Waals surface area contributed by atoms with E-state index in [4.69, 9.17) is 14.5 Å². The van der Waals surface area contributed by atoms with E-state index in [1.807, 2.05) is 43.3 Å². The van der Waals surface area contributed by atoms with Gasteiger partial charge in [-0.1, -0.05) is 59.4 Å². The Hall–Kier alpha value is -3.43. The summed E-state index contributed by atoms with van der Waals surface area (Å²) in [6, 6.07) is 20.0. The summed E-state index contributed by atoms with van der Waals surface area (Å²) in [5.41, 5.74) is 2.55. The van der Waals surface area contributed by atoms with Crippen LogP contribution in [0.15, 0.2) is 71.6 Å². The Labute approximate surface area is 215 Å². The number of sulfone groups is 1. The van der Waals surface area contributed by atoms with Crippen LogP contribution in [0.3, 0.4) is 0 Å². The molecule has 4 rings (SSSR count). The van der Waals surface area contributed by atoms with E-state index in [0.717, 1.165) is 15.8 Å². The molecule has 0 aliphatic carbocycles. The average Bonchev–Trinajstić information content (AvgIpc) is 3.32. The highest BCUT2D eigenvalue weighted by molar-refractivity contribution is 7.91. The summed E-state index contributed by atoms with van der Waals surface area (Å²) in [5, 5.41) is 0.503. The van der Waals surface area contributed by atoms with E-state index in [1.165, 1.54) is 11.3 Å². The lowest BCUT2D eigenvalue weighted by molar-refractivity contribution is -0.118. The van der Waals surface area contributed by atoms with E-state index < -0.39 is 9.84 Å². The van der Waals surface area contributed by atoms with Crippen LogP contribution in [0.5, 0.6) is 11.5 Å². The van der Waals surface area contributed by atoms with Crippen LogP contribution in [0.1, 0.15) is 24.0 Å². The number of ether oxygens (including phenoxy) is 2. The van der Waals surface area contributed by atoms with Gasteiger partial charge in [-0.2, -0.15) is 0 Å². The smallest absolute Gasteiger partial charge is 0.229 e. The lowest BCUT2D eigenvalue weighted by Gasteiger charge is -2.20. The van der Waals surface area contributed by atoms with Gasteiger partial charge < -0.3 is 9.47 Å². The third kappa shape index (κ3) is 5.68. The fourth-order valence-electron chi connectivity index (χ4n) is 3.83. The Kier molecular flexibility index (Phi) is 7.91. The Balaban J connectivity index is 1.59. The molecule has 0 fully saturated rings. The van der Waals surface area contributed by atoms with Gasteiger partial charge in [0.05, 0.1) is 31.4 Å². The van der Waals surface area contributed by atoms with Gasteiger partial charge in [-0.05, 0) is 43.2 Å². The minimum absolute atomic E-state index is 0.0715. The number of nitrogens with zero attached hydrogens (tertiary/aromatic N) is 2. The van der Waals surface area contributed by atoms with Gasteiger partial charge in [0, 0.05) is 6.42 Å². The molecule has 0 atom stereocenters. The molecule has 0 N–H and O–H groups in total. The van der Waals surface area contributed by atoms with Crippen molar-refractivity contribution in [3.8, 4) is 11.5 Å². The zero-order valence-corrected chi connectivity index (χ0v) is 22.1. The summed E-state index contributed by atoms with van der Waals surface area (Å²) in [6.45, 7) is 2.22. The predicted octanol–water partition coefficient (Wildman–Crippen LogP) is 5.41. The second kappa shape index (κ2) is 11.1. The molecule has 0 saturated heterocycles. The first kappa shape index (κ1) is 25.7. The highest BCUT2D eigenvalue weighted by Gasteiger charge is 2.24. The molecule has 3 aromatic carbocycles. The minimum Gasteiger partial charge on any atom is -0.495 e. The maximum Gasteiger partial charge on any atom is 0.229 e. The van der Waals surface area contributed by atoms with Gasteiger partial charge in [-0.15, -0.1) is 0 Å². The van der Waals surface area contributed by atoms with Gasteiger partial charge in [0.2, 0.25) is 5.91 Å². The third-order valence-electron chi connectivity index (χ3n) is 5.80. The molecule has 0 spiro atoms. The predicted molar refractivity (Wildman–Crippen MR) is 143 cm³/mol. The number of hydrogen-bond acceptors (Lipinski definition) is 7.